The van der Waals surface area contributed by atoms with E-state index in [0.29, 0.717) is 17.4 Å². The highest BCUT2D eigenvalue weighted by Gasteiger charge is 2.25. The van der Waals surface area contributed by atoms with Crippen LogP contribution in [0.3, 0.4) is 0 Å². The molecule has 1 saturated carbocycles. The Morgan fingerprint density at radius 3 is 3.12 bits per heavy atom. The highest BCUT2D eigenvalue weighted by Crippen LogP contribution is 2.33. The first-order valence-corrected chi connectivity index (χ1v) is 5.39. The van der Waals surface area contributed by atoms with Gasteiger partial charge in [-0.05, 0) is 24.4 Å². The molecule has 7 heteroatoms. The monoisotopic (exact) mass is 230 g/mol. The molecule has 2 aromatic heterocycles. The number of rotatable bonds is 3. The zero-order valence-electron chi connectivity index (χ0n) is 9.02. The van der Waals surface area contributed by atoms with Crippen molar-refractivity contribution in [3.63, 3.8) is 0 Å². The third kappa shape index (κ3) is 1.66. The lowest BCUT2D eigenvalue weighted by molar-refractivity contribution is 0.670. The summed E-state index contributed by atoms with van der Waals surface area (Å²) >= 11 is 0. The molecule has 1 aliphatic rings. The predicted octanol–water partition coefficient (Wildman–Crippen LogP) is 1.64. The standard InChI is InChI=1S/C10H10N6O/c11-14-12-5-7-6-16-9(13-7)3-4-15(10(16)17)8-1-2-8/h3-4,6,8H,1-2,5H2. The molecule has 0 radical (unpaired) electrons. The second kappa shape index (κ2) is 3.64. The fraction of sp³-hybridized carbons (Fsp3) is 0.400. The van der Waals surface area contributed by atoms with Crippen molar-refractivity contribution in [1.82, 2.24) is 14.0 Å². The van der Waals surface area contributed by atoms with Crippen LogP contribution in [0.15, 0.2) is 28.4 Å². The van der Waals surface area contributed by atoms with Gasteiger partial charge in [0.05, 0.1) is 12.2 Å². The van der Waals surface area contributed by atoms with E-state index in [2.05, 4.69) is 15.0 Å². The van der Waals surface area contributed by atoms with Crippen LogP contribution in [0, 0.1) is 0 Å². The minimum absolute atomic E-state index is 0.0790. The van der Waals surface area contributed by atoms with Crippen molar-refractivity contribution in [1.29, 1.82) is 0 Å². The van der Waals surface area contributed by atoms with E-state index in [-0.39, 0.29) is 12.2 Å². The number of hydrogen-bond donors (Lipinski definition) is 0. The van der Waals surface area contributed by atoms with Gasteiger partial charge in [0.25, 0.3) is 0 Å². The first-order chi connectivity index (χ1) is 8.29. The number of imidazole rings is 1. The quantitative estimate of drug-likeness (QED) is 0.455. The van der Waals surface area contributed by atoms with Crippen molar-refractivity contribution >= 4 is 5.65 Å². The molecule has 17 heavy (non-hydrogen) atoms. The molecule has 7 nitrogen and oxygen atoms in total. The highest BCUT2D eigenvalue weighted by molar-refractivity contribution is 5.38. The van der Waals surface area contributed by atoms with E-state index >= 15 is 0 Å². The third-order valence-electron chi connectivity index (χ3n) is 2.83. The highest BCUT2D eigenvalue weighted by atomic mass is 16.1. The second-order valence-corrected chi connectivity index (χ2v) is 4.09. The molecule has 1 aliphatic carbocycles. The summed E-state index contributed by atoms with van der Waals surface area (Å²) in [5.74, 6) is 0. The summed E-state index contributed by atoms with van der Waals surface area (Å²) in [7, 11) is 0. The molecule has 2 heterocycles. The van der Waals surface area contributed by atoms with Gasteiger partial charge in [-0.3, -0.25) is 8.97 Å². The summed E-state index contributed by atoms with van der Waals surface area (Å²) in [6, 6.07) is 2.15. The van der Waals surface area contributed by atoms with E-state index in [1.807, 2.05) is 0 Å². The average Bonchev–Trinajstić information content (AvgIpc) is 3.07. The zero-order chi connectivity index (χ0) is 11.8. The van der Waals surface area contributed by atoms with E-state index in [4.69, 9.17) is 5.53 Å². The lowest BCUT2D eigenvalue weighted by atomic mass is 10.5. The molecule has 86 valence electrons. The SMILES string of the molecule is [N-]=[N+]=NCc1cn2c(=O)n(C3CC3)ccc2n1. The molecule has 0 bridgehead atoms. The van der Waals surface area contributed by atoms with Crippen molar-refractivity contribution in [2.45, 2.75) is 25.4 Å². The van der Waals surface area contributed by atoms with Gasteiger partial charge in [-0.2, -0.15) is 0 Å². The molecule has 2 aromatic rings. The van der Waals surface area contributed by atoms with Gasteiger partial charge in [0.2, 0.25) is 0 Å². The molecular weight excluding hydrogens is 220 g/mol. The van der Waals surface area contributed by atoms with Crippen molar-refractivity contribution in [2.75, 3.05) is 0 Å². The summed E-state index contributed by atoms with van der Waals surface area (Å²) < 4.78 is 3.23. The number of fused-ring (bicyclic) bond motifs is 1. The Labute approximate surface area is 95.9 Å². The molecule has 0 saturated heterocycles. The van der Waals surface area contributed by atoms with E-state index in [1.54, 1.807) is 23.0 Å². The Kier molecular flexibility index (Phi) is 2.12. The largest absolute Gasteiger partial charge is 0.334 e. The summed E-state index contributed by atoms with van der Waals surface area (Å²) in [4.78, 5) is 19.0. The second-order valence-electron chi connectivity index (χ2n) is 4.09. The van der Waals surface area contributed by atoms with Gasteiger partial charge in [-0.15, -0.1) is 0 Å². The van der Waals surface area contributed by atoms with Crippen LogP contribution in [0.1, 0.15) is 24.6 Å². The van der Waals surface area contributed by atoms with Crippen LogP contribution in [0.25, 0.3) is 16.1 Å². The van der Waals surface area contributed by atoms with Crippen LogP contribution in [0.5, 0.6) is 0 Å². The Morgan fingerprint density at radius 1 is 1.59 bits per heavy atom. The van der Waals surface area contributed by atoms with E-state index in [0.717, 1.165) is 12.8 Å². The summed E-state index contributed by atoms with van der Waals surface area (Å²) in [6.45, 7) is 0.168. The smallest absolute Gasteiger partial charge is 0.297 e. The Morgan fingerprint density at radius 2 is 2.41 bits per heavy atom. The van der Waals surface area contributed by atoms with Crippen molar-refractivity contribution < 1.29 is 0 Å². The zero-order valence-corrected chi connectivity index (χ0v) is 9.02. The van der Waals surface area contributed by atoms with Crippen LogP contribution in [-0.2, 0) is 6.54 Å². The maximum atomic E-state index is 12.1. The molecule has 1 fully saturated rings. The summed E-state index contributed by atoms with van der Waals surface area (Å²) in [5.41, 5.74) is 9.36. The molecule has 3 rings (SSSR count). The molecule has 0 N–H and O–H groups in total. The Hall–Kier alpha value is -2.27. The van der Waals surface area contributed by atoms with Crippen LogP contribution in [0.2, 0.25) is 0 Å². The van der Waals surface area contributed by atoms with Crippen molar-refractivity contribution in [3.05, 3.63) is 45.1 Å². The van der Waals surface area contributed by atoms with Gasteiger partial charge in [0, 0.05) is 23.3 Å². The number of nitrogens with zero attached hydrogens (tertiary/aromatic N) is 6. The Balaban J connectivity index is 2.12. The van der Waals surface area contributed by atoms with E-state index in [1.165, 1.54) is 4.40 Å². The van der Waals surface area contributed by atoms with Crippen LogP contribution < -0.4 is 5.69 Å². The molecule has 0 amide bonds. The third-order valence-corrected chi connectivity index (χ3v) is 2.83. The molecular formula is C10H10N6O. The molecule has 0 unspecified atom stereocenters. The van der Waals surface area contributed by atoms with Crippen LogP contribution in [0.4, 0.5) is 0 Å². The minimum atomic E-state index is -0.0790. The van der Waals surface area contributed by atoms with Gasteiger partial charge < -0.3 is 0 Å². The first-order valence-electron chi connectivity index (χ1n) is 5.39. The van der Waals surface area contributed by atoms with Gasteiger partial charge >= 0.3 is 5.69 Å². The normalized spacial score (nSPS) is 14.8. The van der Waals surface area contributed by atoms with E-state index in [9.17, 15) is 4.79 Å². The topological polar surface area (TPSA) is 88.1 Å². The lowest BCUT2D eigenvalue weighted by Crippen LogP contribution is -2.24. The van der Waals surface area contributed by atoms with Gasteiger partial charge in [-0.25, -0.2) is 9.78 Å². The molecule has 0 aromatic carbocycles. The maximum Gasteiger partial charge on any atom is 0.334 e. The number of azide groups is 1. The van der Waals surface area contributed by atoms with Crippen LogP contribution >= 0.6 is 0 Å². The molecule has 0 spiro atoms. The summed E-state index contributed by atoms with van der Waals surface area (Å²) in [5, 5.41) is 3.43. The number of hydrogen-bond acceptors (Lipinski definition) is 3. The van der Waals surface area contributed by atoms with Crippen molar-refractivity contribution in [2.24, 2.45) is 5.11 Å². The average molecular weight is 230 g/mol. The van der Waals surface area contributed by atoms with Gasteiger partial charge in [-0.1, -0.05) is 5.11 Å². The number of aromatic nitrogens is 3. The van der Waals surface area contributed by atoms with Crippen molar-refractivity contribution in [3.8, 4) is 0 Å². The Bertz CT molecular complexity index is 674. The fourth-order valence-electron chi connectivity index (χ4n) is 1.86. The summed E-state index contributed by atoms with van der Waals surface area (Å²) in [6.07, 6.45) is 5.53. The van der Waals surface area contributed by atoms with Crippen LogP contribution in [-0.4, -0.2) is 14.0 Å². The lowest BCUT2D eigenvalue weighted by Gasteiger charge is -2.02. The molecule has 0 aliphatic heterocycles. The maximum absolute atomic E-state index is 12.1. The first kappa shape index (κ1) is 9.92. The predicted molar refractivity (Wildman–Crippen MR) is 60.6 cm³/mol. The van der Waals surface area contributed by atoms with Gasteiger partial charge in [0.15, 0.2) is 0 Å². The minimum Gasteiger partial charge on any atom is -0.297 e. The molecule has 0 atom stereocenters. The fourth-order valence-corrected chi connectivity index (χ4v) is 1.86. The van der Waals surface area contributed by atoms with Gasteiger partial charge in [0.1, 0.15) is 5.65 Å². The van der Waals surface area contributed by atoms with E-state index < -0.39 is 0 Å².